The van der Waals surface area contributed by atoms with Crippen molar-refractivity contribution in [1.82, 2.24) is 4.98 Å². The number of hydrogen-bond acceptors (Lipinski definition) is 4. The summed E-state index contributed by atoms with van der Waals surface area (Å²) in [6.07, 6.45) is 1.07. The molecular formula is C14H15ClN4. The fourth-order valence-electron chi connectivity index (χ4n) is 2.43. The monoisotopic (exact) mass is 274 g/mol. The summed E-state index contributed by atoms with van der Waals surface area (Å²) in [4.78, 5) is 6.71. The summed E-state index contributed by atoms with van der Waals surface area (Å²) >= 11 is 6.20. The van der Waals surface area contributed by atoms with E-state index in [9.17, 15) is 0 Å². The normalized spacial score (nSPS) is 13.5. The average Bonchev–Trinajstić information content (AvgIpc) is 2.85. The number of anilines is 2. The topological polar surface area (TPSA) is 54.2 Å². The third-order valence-corrected chi connectivity index (χ3v) is 3.73. The maximum Gasteiger partial charge on any atom is 0.140 e. The summed E-state index contributed by atoms with van der Waals surface area (Å²) in [5, 5.41) is 0.670. The number of para-hydroxylation sites is 1. The molecule has 0 aliphatic carbocycles. The Balaban J connectivity index is 1.87. The number of aromatic nitrogens is 1. The first-order chi connectivity index (χ1) is 9.28. The molecule has 0 amide bonds. The molecule has 0 atom stereocenters. The highest BCUT2D eigenvalue weighted by molar-refractivity contribution is 6.31. The minimum absolute atomic E-state index is 0.631. The van der Waals surface area contributed by atoms with Crippen LogP contribution in [0.25, 0.3) is 0 Å². The van der Waals surface area contributed by atoms with Gasteiger partial charge in [-0.25, -0.2) is 10.8 Å². The standard InChI is InChI=1S/C14H15ClN4/c15-11-5-6-14(18-16)17-12(11)9-19-8-7-10-3-1-2-4-13(10)19/h1-6H,7-9,16H2,(H,17,18). The van der Waals surface area contributed by atoms with Crippen molar-refractivity contribution < 1.29 is 0 Å². The molecule has 0 saturated carbocycles. The molecule has 98 valence electrons. The molecule has 0 spiro atoms. The van der Waals surface area contributed by atoms with E-state index in [1.165, 1.54) is 11.3 Å². The lowest BCUT2D eigenvalue weighted by Gasteiger charge is -2.19. The average molecular weight is 275 g/mol. The molecule has 0 bridgehead atoms. The number of nitrogen functional groups attached to an aromatic ring is 1. The zero-order chi connectivity index (χ0) is 13.2. The van der Waals surface area contributed by atoms with Crippen molar-refractivity contribution in [3.8, 4) is 0 Å². The third kappa shape index (κ3) is 2.37. The number of hydrogen-bond donors (Lipinski definition) is 2. The van der Waals surface area contributed by atoms with Crippen molar-refractivity contribution in [2.45, 2.75) is 13.0 Å². The number of nitrogens with zero attached hydrogens (tertiary/aromatic N) is 2. The molecule has 4 nitrogen and oxygen atoms in total. The van der Waals surface area contributed by atoms with Crippen LogP contribution in [0.3, 0.4) is 0 Å². The molecule has 1 aromatic heterocycles. The highest BCUT2D eigenvalue weighted by Gasteiger charge is 2.19. The number of hydrazine groups is 1. The van der Waals surface area contributed by atoms with Crippen molar-refractivity contribution in [3.63, 3.8) is 0 Å². The molecule has 3 N–H and O–H groups in total. The molecule has 1 aliphatic heterocycles. The van der Waals surface area contributed by atoms with Gasteiger partial charge < -0.3 is 10.3 Å². The van der Waals surface area contributed by atoms with Gasteiger partial charge in [0.2, 0.25) is 0 Å². The predicted octanol–water partition coefficient (Wildman–Crippen LogP) is 2.58. The van der Waals surface area contributed by atoms with E-state index < -0.39 is 0 Å². The van der Waals surface area contributed by atoms with Crippen LogP contribution in [0.1, 0.15) is 11.3 Å². The van der Waals surface area contributed by atoms with Crippen LogP contribution < -0.4 is 16.2 Å². The van der Waals surface area contributed by atoms with Gasteiger partial charge in [0.1, 0.15) is 5.82 Å². The van der Waals surface area contributed by atoms with E-state index in [0.717, 1.165) is 18.7 Å². The van der Waals surface area contributed by atoms with Crippen molar-refractivity contribution in [3.05, 3.63) is 52.7 Å². The van der Waals surface area contributed by atoms with Crippen LogP contribution in [-0.2, 0) is 13.0 Å². The number of benzene rings is 1. The molecule has 3 rings (SSSR count). The van der Waals surface area contributed by atoms with E-state index in [-0.39, 0.29) is 0 Å². The SMILES string of the molecule is NNc1ccc(Cl)c(CN2CCc3ccccc32)n1. The van der Waals surface area contributed by atoms with Gasteiger partial charge in [-0.3, -0.25) is 0 Å². The van der Waals surface area contributed by atoms with Gasteiger partial charge in [0.15, 0.2) is 0 Å². The van der Waals surface area contributed by atoms with Crippen LogP contribution in [0.4, 0.5) is 11.5 Å². The summed E-state index contributed by atoms with van der Waals surface area (Å²) in [6.45, 7) is 1.70. The summed E-state index contributed by atoms with van der Waals surface area (Å²) in [7, 11) is 0. The minimum Gasteiger partial charge on any atom is -0.365 e. The summed E-state index contributed by atoms with van der Waals surface area (Å²) in [5.74, 6) is 6.02. The van der Waals surface area contributed by atoms with Crippen molar-refractivity contribution in [1.29, 1.82) is 0 Å². The van der Waals surface area contributed by atoms with Crippen molar-refractivity contribution >= 4 is 23.1 Å². The van der Waals surface area contributed by atoms with Gasteiger partial charge in [-0.2, -0.15) is 0 Å². The van der Waals surface area contributed by atoms with Crippen LogP contribution in [-0.4, -0.2) is 11.5 Å². The maximum absolute atomic E-state index is 6.20. The van der Waals surface area contributed by atoms with Crippen LogP contribution in [0, 0.1) is 0 Å². The predicted molar refractivity (Wildman–Crippen MR) is 78.3 cm³/mol. The Morgan fingerprint density at radius 2 is 2.11 bits per heavy atom. The Morgan fingerprint density at radius 3 is 2.95 bits per heavy atom. The van der Waals surface area contributed by atoms with Gasteiger partial charge in [-0.15, -0.1) is 0 Å². The van der Waals surface area contributed by atoms with Gasteiger partial charge >= 0.3 is 0 Å². The molecule has 0 unspecified atom stereocenters. The zero-order valence-corrected chi connectivity index (χ0v) is 11.2. The highest BCUT2D eigenvalue weighted by atomic mass is 35.5. The fourth-order valence-corrected chi connectivity index (χ4v) is 2.59. The second kappa shape index (κ2) is 5.07. The quantitative estimate of drug-likeness (QED) is 0.667. The Kier molecular flexibility index (Phi) is 3.27. The van der Waals surface area contributed by atoms with E-state index in [0.29, 0.717) is 17.4 Å². The first-order valence-corrected chi connectivity index (χ1v) is 6.60. The number of halogens is 1. The van der Waals surface area contributed by atoms with Gasteiger partial charge in [0.05, 0.1) is 17.3 Å². The maximum atomic E-state index is 6.20. The van der Waals surface area contributed by atoms with E-state index >= 15 is 0 Å². The Morgan fingerprint density at radius 1 is 1.26 bits per heavy atom. The molecule has 2 heterocycles. The van der Waals surface area contributed by atoms with E-state index in [2.05, 4.69) is 39.6 Å². The lowest BCUT2D eigenvalue weighted by molar-refractivity contribution is 0.815. The van der Waals surface area contributed by atoms with Gasteiger partial charge in [-0.1, -0.05) is 29.8 Å². The molecule has 1 aromatic carbocycles. The minimum atomic E-state index is 0.631. The second-order valence-electron chi connectivity index (χ2n) is 4.57. The molecule has 2 aromatic rings. The molecule has 0 saturated heterocycles. The summed E-state index contributed by atoms with van der Waals surface area (Å²) in [6, 6.07) is 12.0. The number of nitrogens with two attached hydrogens (primary N) is 1. The fraction of sp³-hybridized carbons (Fsp3) is 0.214. The summed E-state index contributed by atoms with van der Waals surface area (Å²) < 4.78 is 0. The molecule has 0 radical (unpaired) electrons. The lowest BCUT2D eigenvalue weighted by Crippen LogP contribution is -2.21. The van der Waals surface area contributed by atoms with Gasteiger partial charge in [-0.05, 0) is 30.2 Å². The second-order valence-corrected chi connectivity index (χ2v) is 4.98. The van der Waals surface area contributed by atoms with Crippen LogP contribution in [0.15, 0.2) is 36.4 Å². The Bertz CT molecular complexity index is 600. The third-order valence-electron chi connectivity index (χ3n) is 3.39. The molecule has 0 fully saturated rings. The molecule has 19 heavy (non-hydrogen) atoms. The molecular weight excluding hydrogens is 260 g/mol. The van der Waals surface area contributed by atoms with E-state index in [1.54, 1.807) is 6.07 Å². The first-order valence-electron chi connectivity index (χ1n) is 6.23. The number of fused-ring (bicyclic) bond motifs is 1. The van der Waals surface area contributed by atoms with E-state index in [1.807, 2.05) is 6.07 Å². The Labute approximate surface area is 117 Å². The highest BCUT2D eigenvalue weighted by Crippen LogP contribution is 2.30. The van der Waals surface area contributed by atoms with Crippen LogP contribution in [0.2, 0.25) is 5.02 Å². The lowest BCUT2D eigenvalue weighted by atomic mass is 10.2. The number of rotatable bonds is 3. The van der Waals surface area contributed by atoms with E-state index in [4.69, 9.17) is 17.4 Å². The number of pyridine rings is 1. The zero-order valence-electron chi connectivity index (χ0n) is 10.4. The van der Waals surface area contributed by atoms with Crippen molar-refractivity contribution in [2.75, 3.05) is 16.9 Å². The number of nitrogens with one attached hydrogen (secondary N) is 1. The van der Waals surface area contributed by atoms with Gasteiger partial charge in [0, 0.05) is 12.2 Å². The Hall–Kier alpha value is -1.78. The van der Waals surface area contributed by atoms with Gasteiger partial charge in [0.25, 0.3) is 0 Å². The van der Waals surface area contributed by atoms with Crippen molar-refractivity contribution in [2.24, 2.45) is 5.84 Å². The smallest absolute Gasteiger partial charge is 0.140 e. The van der Waals surface area contributed by atoms with Crippen LogP contribution in [0.5, 0.6) is 0 Å². The van der Waals surface area contributed by atoms with Crippen LogP contribution >= 0.6 is 11.6 Å². The molecule has 1 aliphatic rings. The molecule has 5 heteroatoms. The summed E-state index contributed by atoms with van der Waals surface area (Å²) in [5.41, 5.74) is 6.04. The first kappa shape index (κ1) is 12.3. The largest absolute Gasteiger partial charge is 0.365 e.